The van der Waals surface area contributed by atoms with Crippen LogP contribution in [0, 0.1) is 3.57 Å². The minimum absolute atomic E-state index is 0.00722. The summed E-state index contributed by atoms with van der Waals surface area (Å²) in [5, 5.41) is 8.97. The van der Waals surface area contributed by atoms with Crippen molar-refractivity contribution in [2.45, 2.75) is 13.0 Å². The van der Waals surface area contributed by atoms with Gasteiger partial charge in [0.2, 0.25) is 0 Å². The number of Topliss-reactive ketones (excluding diaryl/α,β-unsaturated/α-hetero) is 1. The lowest BCUT2D eigenvalue weighted by Crippen LogP contribution is -2.36. The third-order valence-corrected chi connectivity index (χ3v) is 3.30. The summed E-state index contributed by atoms with van der Waals surface area (Å²) in [7, 11) is 1.84. The quantitative estimate of drug-likeness (QED) is 0.660. The maximum atomic E-state index is 11.9. The fraction of sp³-hybridized carbons (Fsp3) is 0.417. The molecule has 0 aliphatic rings. The fourth-order valence-electron chi connectivity index (χ4n) is 1.25. The van der Waals surface area contributed by atoms with Gasteiger partial charge in [-0.25, -0.2) is 0 Å². The second kappa shape index (κ2) is 6.32. The van der Waals surface area contributed by atoms with Crippen molar-refractivity contribution in [2.24, 2.45) is 0 Å². The molecule has 1 aromatic rings. The Kier molecular flexibility index (Phi) is 5.37. The van der Waals surface area contributed by atoms with Crippen molar-refractivity contribution in [3.63, 3.8) is 0 Å². The van der Waals surface area contributed by atoms with E-state index in [1.807, 2.05) is 43.1 Å². The highest BCUT2D eigenvalue weighted by Gasteiger charge is 2.13. The average molecular weight is 333 g/mol. The van der Waals surface area contributed by atoms with Crippen LogP contribution >= 0.6 is 22.6 Å². The van der Waals surface area contributed by atoms with Crippen LogP contribution in [0.4, 0.5) is 0 Å². The van der Waals surface area contributed by atoms with Crippen LogP contribution in [0.3, 0.4) is 0 Å². The Balaban J connectivity index is 2.62. The summed E-state index contributed by atoms with van der Waals surface area (Å²) >= 11 is 2.21. The monoisotopic (exact) mass is 333 g/mol. The third kappa shape index (κ3) is 3.84. The first-order valence-electron chi connectivity index (χ1n) is 5.14. The Bertz CT molecular complexity index is 351. The van der Waals surface area contributed by atoms with Crippen molar-refractivity contribution in [3.8, 4) is 0 Å². The van der Waals surface area contributed by atoms with E-state index in [2.05, 4.69) is 22.6 Å². The molecule has 4 heteroatoms. The SMILES string of the molecule is CC(CO)N(C)CC(=O)c1ccc(I)cc1. The first kappa shape index (κ1) is 13.6. The van der Waals surface area contributed by atoms with E-state index in [9.17, 15) is 4.79 Å². The summed E-state index contributed by atoms with van der Waals surface area (Å²) in [5.41, 5.74) is 0.720. The highest BCUT2D eigenvalue weighted by atomic mass is 127. The normalized spacial score (nSPS) is 12.8. The molecule has 1 N–H and O–H groups in total. The van der Waals surface area contributed by atoms with Gasteiger partial charge in [0, 0.05) is 15.2 Å². The second-order valence-corrected chi connectivity index (χ2v) is 5.12. The number of rotatable bonds is 5. The van der Waals surface area contributed by atoms with Gasteiger partial charge in [-0.1, -0.05) is 12.1 Å². The molecule has 0 aliphatic heterocycles. The predicted molar refractivity (Wildman–Crippen MR) is 72.7 cm³/mol. The number of likely N-dealkylation sites (N-methyl/N-ethyl adjacent to an activating group) is 1. The molecule has 0 aliphatic carbocycles. The van der Waals surface area contributed by atoms with Crippen LogP contribution in [-0.2, 0) is 0 Å². The fourth-order valence-corrected chi connectivity index (χ4v) is 1.61. The van der Waals surface area contributed by atoms with E-state index in [1.54, 1.807) is 0 Å². The van der Waals surface area contributed by atoms with Crippen molar-refractivity contribution < 1.29 is 9.90 Å². The smallest absolute Gasteiger partial charge is 0.176 e. The van der Waals surface area contributed by atoms with Crippen molar-refractivity contribution in [1.29, 1.82) is 0 Å². The Morgan fingerprint density at radius 1 is 1.44 bits per heavy atom. The average Bonchev–Trinajstić information content (AvgIpc) is 2.28. The molecule has 88 valence electrons. The van der Waals surface area contributed by atoms with E-state index < -0.39 is 0 Å². The number of halogens is 1. The minimum Gasteiger partial charge on any atom is -0.395 e. The van der Waals surface area contributed by atoms with Crippen LogP contribution in [0.15, 0.2) is 24.3 Å². The summed E-state index contributed by atoms with van der Waals surface area (Å²) in [6, 6.07) is 7.52. The molecule has 0 fully saturated rings. The molecule has 0 aromatic heterocycles. The highest BCUT2D eigenvalue weighted by Crippen LogP contribution is 2.08. The molecular formula is C12H16INO2. The zero-order valence-electron chi connectivity index (χ0n) is 9.48. The number of hydrogen-bond donors (Lipinski definition) is 1. The van der Waals surface area contributed by atoms with Crippen molar-refractivity contribution >= 4 is 28.4 Å². The van der Waals surface area contributed by atoms with E-state index in [0.29, 0.717) is 6.54 Å². The van der Waals surface area contributed by atoms with E-state index >= 15 is 0 Å². The number of benzene rings is 1. The van der Waals surface area contributed by atoms with Gasteiger partial charge in [0.05, 0.1) is 13.2 Å². The number of nitrogens with zero attached hydrogens (tertiary/aromatic N) is 1. The van der Waals surface area contributed by atoms with Crippen LogP contribution < -0.4 is 0 Å². The van der Waals surface area contributed by atoms with Crippen molar-refractivity contribution in [2.75, 3.05) is 20.2 Å². The molecule has 0 saturated carbocycles. The predicted octanol–water partition coefficient (Wildman–Crippen LogP) is 1.79. The molecule has 16 heavy (non-hydrogen) atoms. The van der Waals surface area contributed by atoms with Gasteiger partial charge >= 0.3 is 0 Å². The molecule has 0 saturated heterocycles. The molecule has 0 spiro atoms. The summed E-state index contributed by atoms with van der Waals surface area (Å²) in [6.45, 7) is 2.29. The second-order valence-electron chi connectivity index (χ2n) is 3.88. The number of hydrogen-bond acceptors (Lipinski definition) is 3. The standard InChI is InChI=1S/C12H16INO2/c1-9(8-15)14(2)7-12(16)10-3-5-11(13)6-4-10/h3-6,9,15H,7-8H2,1-2H3. The highest BCUT2D eigenvalue weighted by molar-refractivity contribution is 14.1. The van der Waals surface area contributed by atoms with Crippen LogP contribution in [0.25, 0.3) is 0 Å². The molecule has 0 bridgehead atoms. The number of carbonyl (C=O) groups excluding carboxylic acids is 1. The summed E-state index contributed by atoms with van der Waals surface area (Å²) in [5.74, 6) is 0.0826. The minimum atomic E-state index is 0.00722. The topological polar surface area (TPSA) is 40.5 Å². The van der Waals surface area contributed by atoms with E-state index in [-0.39, 0.29) is 18.4 Å². The zero-order valence-corrected chi connectivity index (χ0v) is 11.6. The number of aliphatic hydroxyl groups excluding tert-OH is 1. The lowest BCUT2D eigenvalue weighted by atomic mass is 10.1. The van der Waals surface area contributed by atoms with Gasteiger partial charge in [-0.3, -0.25) is 9.69 Å². The molecular weight excluding hydrogens is 317 g/mol. The Morgan fingerprint density at radius 2 is 2.00 bits per heavy atom. The summed E-state index contributed by atoms with van der Waals surface area (Å²) in [6.07, 6.45) is 0. The number of aliphatic hydroxyl groups is 1. The van der Waals surface area contributed by atoms with Gasteiger partial charge in [0.15, 0.2) is 5.78 Å². The van der Waals surface area contributed by atoms with Crippen molar-refractivity contribution in [3.05, 3.63) is 33.4 Å². The Morgan fingerprint density at radius 3 is 2.50 bits per heavy atom. The van der Waals surface area contributed by atoms with Crippen LogP contribution in [0.2, 0.25) is 0 Å². The molecule has 1 atom stereocenters. The maximum Gasteiger partial charge on any atom is 0.176 e. The van der Waals surface area contributed by atoms with Crippen molar-refractivity contribution in [1.82, 2.24) is 4.90 Å². The van der Waals surface area contributed by atoms with Gasteiger partial charge in [-0.05, 0) is 48.7 Å². The first-order valence-corrected chi connectivity index (χ1v) is 6.22. The van der Waals surface area contributed by atoms with Crippen LogP contribution in [0.1, 0.15) is 17.3 Å². The Labute approximate surface area is 110 Å². The third-order valence-electron chi connectivity index (χ3n) is 2.58. The molecule has 1 aromatic carbocycles. The van der Waals surface area contributed by atoms with E-state index in [1.165, 1.54) is 0 Å². The lowest BCUT2D eigenvalue weighted by Gasteiger charge is -2.21. The van der Waals surface area contributed by atoms with E-state index in [0.717, 1.165) is 9.13 Å². The van der Waals surface area contributed by atoms with Gasteiger partial charge in [0.25, 0.3) is 0 Å². The summed E-state index contributed by atoms with van der Waals surface area (Å²) < 4.78 is 1.12. The maximum absolute atomic E-state index is 11.9. The van der Waals surface area contributed by atoms with Gasteiger partial charge in [-0.2, -0.15) is 0 Å². The number of carbonyl (C=O) groups is 1. The lowest BCUT2D eigenvalue weighted by molar-refractivity contribution is 0.0890. The Hall–Kier alpha value is -0.460. The molecule has 0 amide bonds. The molecule has 1 rings (SSSR count). The molecule has 3 nitrogen and oxygen atoms in total. The van der Waals surface area contributed by atoms with Gasteiger partial charge < -0.3 is 5.11 Å². The zero-order chi connectivity index (χ0) is 12.1. The largest absolute Gasteiger partial charge is 0.395 e. The van der Waals surface area contributed by atoms with Gasteiger partial charge in [-0.15, -0.1) is 0 Å². The van der Waals surface area contributed by atoms with Crippen LogP contribution in [-0.4, -0.2) is 42.0 Å². The molecule has 0 heterocycles. The van der Waals surface area contributed by atoms with Crippen LogP contribution in [0.5, 0.6) is 0 Å². The number of ketones is 1. The molecule has 0 radical (unpaired) electrons. The first-order chi connectivity index (χ1) is 7.54. The van der Waals surface area contributed by atoms with E-state index in [4.69, 9.17) is 5.11 Å². The van der Waals surface area contributed by atoms with Gasteiger partial charge in [0.1, 0.15) is 0 Å². The summed E-state index contributed by atoms with van der Waals surface area (Å²) in [4.78, 5) is 13.7. The molecule has 1 unspecified atom stereocenters.